The number of carboxylic acid groups (broad SMARTS) is 1. The Morgan fingerprint density at radius 2 is 1.82 bits per heavy atom. The molecular formula is C15H13Cl2NO4. The molecule has 0 bridgehead atoms. The number of hydrogen-bond acceptors (Lipinski definition) is 4. The van der Waals surface area contributed by atoms with Crippen molar-refractivity contribution in [3.8, 4) is 5.75 Å². The van der Waals surface area contributed by atoms with Crippen molar-refractivity contribution >= 4 is 35.1 Å². The lowest BCUT2D eigenvalue weighted by Gasteiger charge is -2.21. The first kappa shape index (κ1) is 16.4. The van der Waals surface area contributed by atoms with Crippen molar-refractivity contribution in [1.29, 1.82) is 0 Å². The Labute approximate surface area is 137 Å². The molecule has 0 fully saturated rings. The molecule has 0 saturated carbocycles. The molecule has 5 nitrogen and oxygen atoms in total. The van der Waals surface area contributed by atoms with Crippen LogP contribution in [-0.2, 0) is 9.59 Å². The minimum atomic E-state index is -1.08. The van der Waals surface area contributed by atoms with E-state index in [9.17, 15) is 9.59 Å². The van der Waals surface area contributed by atoms with Crippen molar-refractivity contribution in [1.82, 2.24) is 5.32 Å². The van der Waals surface area contributed by atoms with E-state index in [1.54, 1.807) is 26.0 Å². The number of esters is 1. The third kappa shape index (κ3) is 3.26. The number of hydrogen-bond donors (Lipinski definition) is 2. The molecule has 0 atom stereocenters. The molecule has 0 aliphatic carbocycles. The number of aliphatic carboxylic acids is 1. The van der Waals surface area contributed by atoms with Crippen LogP contribution < -0.4 is 10.1 Å². The molecule has 0 radical (unpaired) electrons. The second kappa shape index (κ2) is 6.42. The standard InChI is InChI=1S/C15H13Cl2NO4/c1-7-9(14(19)20)6-10(8(2)18-7)15(21)22-12-5-3-4-11(16)13(12)17/h3-5,18H,6H2,1-2H3,(H,19,20). The maximum Gasteiger partial charge on any atom is 0.341 e. The van der Waals surface area contributed by atoms with Crippen LogP contribution in [0.25, 0.3) is 0 Å². The summed E-state index contributed by atoms with van der Waals surface area (Å²) in [6.07, 6.45) is -0.0168. The highest BCUT2D eigenvalue weighted by molar-refractivity contribution is 6.43. The van der Waals surface area contributed by atoms with Crippen molar-refractivity contribution in [2.75, 3.05) is 0 Å². The summed E-state index contributed by atoms with van der Waals surface area (Å²) in [7, 11) is 0. The van der Waals surface area contributed by atoms with Gasteiger partial charge in [-0.05, 0) is 26.0 Å². The van der Waals surface area contributed by atoms with E-state index < -0.39 is 11.9 Å². The minimum absolute atomic E-state index is 0.0168. The number of benzene rings is 1. The third-order valence-corrected chi connectivity index (χ3v) is 4.06. The van der Waals surface area contributed by atoms with Gasteiger partial charge in [0.1, 0.15) is 5.02 Å². The number of dihydropyridines is 1. The highest BCUT2D eigenvalue weighted by atomic mass is 35.5. The maximum atomic E-state index is 12.3. The molecule has 116 valence electrons. The Morgan fingerprint density at radius 3 is 2.45 bits per heavy atom. The van der Waals surface area contributed by atoms with Crippen LogP contribution >= 0.6 is 23.2 Å². The van der Waals surface area contributed by atoms with E-state index >= 15 is 0 Å². The summed E-state index contributed by atoms with van der Waals surface area (Å²) in [5.74, 6) is -1.62. The predicted octanol–water partition coefficient (Wildman–Crippen LogP) is 3.52. The second-order valence-electron chi connectivity index (χ2n) is 4.76. The maximum absolute atomic E-state index is 12.3. The Kier molecular flexibility index (Phi) is 4.78. The first-order valence-corrected chi connectivity index (χ1v) is 7.13. The van der Waals surface area contributed by atoms with E-state index in [1.807, 2.05) is 0 Å². The second-order valence-corrected chi connectivity index (χ2v) is 5.54. The Morgan fingerprint density at radius 1 is 1.18 bits per heavy atom. The highest BCUT2D eigenvalue weighted by Crippen LogP contribution is 2.33. The van der Waals surface area contributed by atoms with Gasteiger partial charge in [-0.15, -0.1) is 0 Å². The summed E-state index contributed by atoms with van der Waals surface area (Å²) in [6, 6.07) is 4.68. The van der Waals surface area contributed by atoms with Crippen molar-refractivity contribution in [2.45, 2.75) is 20.3 Å². The quantitative estimate of drug-likeness (QED) is 0.649. The Balaban J connectivity index is 2.25. The van der Waals surface area contributed by atoms with E-state index in [1.165, 1.54) is 6.07 Å². The smallest absolute Gasteiger partial charge is 0.341 e. The first-order valence-electron chi connectivity index (χ1n) is 6.37. The topological polar surface area (TPSA) is 75.6 Å². The van der Waals surface area contributed by atoms with Crippen LogP contribution in [0, 0.1) is 0 Å². The van der Waals surface area contributed by atoms with Gasteiger partial charge >= 0.3 is 11.9 Å². The van der Waals surface area contributed by atoms with Crippen molar-refractivity contribution < 1.29 is 19.4 Å². The monoisotopic (exact) mass is 341 g/mol. The van der Waals surface area contributed by atoms with Crippen molar-refractivity contribution in [3.05, 3.63) is 50.8 Å². The van der Waals surface area contributed by atoms with Crippen LogP contribution in [0.1, 0.15) is 20.3 Å². The average molecular weight is 342 g/mol. The number of rotatable bonds is 3. The van der Waals surface area contributed by atoms with Crippen LogP contribution in [0.5, 0.6) is 5.75 Å². The lowest BCUT2D eigenvalue weighted by Crippen LogP contribution is -2.26. The van der Waals surface area contributed by atoms with Gasteiger partial charge in [-0.2, -0.15) is 0 Å². The number of carbonyl (C=O) groups is 2. The molecule has 22 heavy (non-hydrogen) atoms. The summed E-state index contributed by atoms with van der Waals surface area (Å²) in [6.45, 7) is 3.32. The molecule has 0 saturated heterocycles. The molecule has 1 heterocycles. The first-order chi connectivity index (χ1) is 10.3. The van der Waals surface area contributed by atoms with Gasteiger partial charge in [0, 0.05) is 17.8 Å². The largest absolute Gasteiger partial charge is 0.478 e. The van der Waals surface area contributed by atoms with E-state index in [0.29, 0.717) is 11.4 Å². The molecular weight excluding hydrogens is 329 g/mol. The van der Waals surface area contributed by atoms with Crippen LogP contribution in [-0.4, -0.2) is 17.0 Å². The van der Waals surface area contributed by atoms with E-state index in [2.05, 4.69) is 5.32 Å². The Bertz CT molecular complexity index is 722. The fourth-order valence-corrected chi connectivity index (χ4v) is 2.39. The lowest BCUT2D eigenvalue weighted by molar-refractivity contribution is -0.132. The Hall–Kier alpha value is -1.98. The average Bonchev–Trinajstić information content (AvgIpc) is 2.43. The summed E-state index contributed by atoms with van der Waals surface area (Å²) >= 11 is 11.8. The zero-order chi connectivity index (χ0) is 16.4. The van der Waals surface area contributed by atoms with Gasteiger partial charge in [-0.1, -0.05) is 29.3 Å². The van der Waals surface area contributed by atoms with Crippen LogP contribution in [0.15, 0.2) is 40.7 Å². The zero-order valence-corrected chi connectivity index (χ0v) is 13.4. The number of ether oxygens (including phenoxy) is 1. The minimum Gasteiger partial charge on any atom is -0.478 e. The highest BCUT2D eigenvalue weighted by Gasteiger charge is 2.26. The van der Waals surface area contributed by atoms with Gasteiger partial charge < -0.3 is 15.2 Å². The SMILES string of the molecule is CC1=C(C(=O)O)CC(C(=O)Oc2cccc(Cl)c2Cl)=C(C)N1. The fraction of sp³-hybridized carbons (Fsp3) is 0.200. The molecule has 0 aromatic heterocycles. The molecule has 1 aliphatic heterocycles. The molecule has 1 aliphatic rings. The lowest BCUT2D eigenvalue weighted by atomic mass is 9.98. The van der Waals surface area contributed by atoms with Gasteiger partial charge in [-0.25, -0.2) is 9.59 Å². The molecule has 7 heteroatoms. The van der Waals surface area contributed by atoms with Gasteiger partial charge in [0.15, 0.2) is 5.75 Å². The number of allylic oxidation sites excluding steroid dienone is 2. The van der Waals surface area contributed by atoms with Gasteiger partial charge in [0.05, 0.1) is 16.2 Å². The molecule has 2 N–H and O–H groups in total. The van der Waals surface area contributed by atoms with Gasteiger partial charge in [-0.3, -0.25) is 0 Å². The molecule has 0 unspecified atom stereocenters. The zero-order valence-electron chi connectivity index (χ0n) is 11.9. The number of nitrogens with one attached hydrogen (secondary N) is 1. The van der Waals surface area contributed by atoms with Crippen molar-refractivity contribution in [3.63, 3.8) is 0 Å². The van der Waals surface area contributed by atoms with Crippen LogP contribution in [0.3, 0.4) is 0 Å². The summed E-state index contributed by atoms with van der Waals surface area (Å²) in [5, 5.41) is 12.4. The van der Waals surface area contributed by atoms with E-state index in [0.717, 1.165) is 0 Å². The number of halogens is 2. The predicted molar refractivity (Wildman–Crippen MR) is 82.9 cm³/mol. The number of carboxylic acids is 1. The summed E-state index contributed by atoms with van der Waals surface area (Å²) < 4.78 is 5.23. The van der Waals surface area contributed by atoms with Crippen molar-refractivity contribution in [2.24, 2.45) is 0 Å². The fourth-order valence-electron chi connectivity index (χ4n) is 2.06. The van der Waals surface area contributed by atoms with E-state index in [4.69, 9.17) is 33.0 Å². The molecule has 2 rings (SSSR count). The normalized spacial score (nSPS) is 14.7. The van der Waals surface area contributed by atoms with E-state index in [-0.39, 0.29) is 33.4 Å². The van der Waals surface area contributed by atoms with Gasteiger partial charge in [0.25, 0.3) is 0 Å². The number of carbonyl (C=O) groups excluding carboxylic acids is 1. The summed E-state index contributed by atoms with van der Waals surface area (Å²) in [5.41, 5.74) is 1.40. The van der Waals surface area contributed by atoms with Gasteiger partial charge in [0.2, 0.25) is 0 Å². The molecule has 0 spiro atoms. The third-order valence-electron chi connectivity index (χ3n) is 3.26. The van der Waals surface area contributed by atoms with Crippen LogP contribution in [0.2, 0.25) is 10.0 Å². The summed E-state index contributed by atoms with van der Waals surface area (Å²) in [4.78, 5) is 23.5. The molecule has 1 aromatic carbocycles. The van der Waals surface area contributed by atoms with Crippen LogP contribution in [0.4, 0.5) is 0 Å². The molecule has 1 aromatic rings. The molecule has 0 amide bonds.